The van der Waals surface area contributed by atoms with Crippen LogP contribution in [0.3, 0.4) is 0 Å². The Morgan fingerprint density at radius 3 is 3.00 bits per heavy atom. The van der Waals surface area contributed by atoms with Crippen LogP contribution in [0.1, 0.15) is 35.3 Å². The molecule has 0 bridgehead atoms. The number of hydrogen-bond donors (Lipinski definition) is 2. The maximum atomic E-state index is 11.7. The molecular formula is C12H14N2O3. The van der Waals surface area contributed by atoms with Crippen molar-refractivity contribution in [1.82, 2.24) is 4.98 Å². The van der Waals surface area contributed by atoms with E-state index in [-0.39, 0.29) is 24.7 Å². The van der Waals surface area contributed by atoms with Gasteiger partial charge >= 0.3 is 0 Å². The first-order chi connectivity index (χ1) is 8.20. The Kier molecular flexibility index (Phi) is 3.49. The number of nitrogens with one attached hydrogen (secondary N) is 1. The highest BCUT2D eigenvalue weighted by atomic mass is 16.3. The van der Waals surface area contributed by atoms with Crippen LogP contribution in [0.2, 0.25) is 0 Å². The first-order valence-electron chi connectivity index (χ1n) is 5.64. The standard InChI is InChI=1S/C12H14N2O3/c15-7-1-2-10(16)9-5-3-8-4-6-11(17)14-12(8)13-9/h3,5,15H,1-2,4,6-7H2,(H,13,14,17). The first kappa shape index (κ1) is 11.7. The highest BCUT2D eigenvalue weighted by Gasteiger charge is 2.17. The van der Waals surface area contributed by atoms with Crippen molar-refractivity contribution in [1.29, 1.82) is 0 Å². The van der Waals surface area contributed by atoms with Crippen molar-refractivity contribution in [2.75, 3.05) is 11.9 Å². The third-order valence-electron chi connectivity index (χ3n) is 2.71. The lowest BCUT2D eigenvalue weighted by atomic mass is 10.0. The SMILES string of the molecule is O=C1CCc2ccc(C(=O)CCCO)nc2N1. The van der Waals surface area contributed by atoms with Crippen molar-refractivity contribution in [2.24, 2.45) is 0 Å². The average Bonchev–Trinajstić information content (AvgIpc) is 2.35. The molecule has 2 rings (SSSR count). The van der Waals surface area contributed by atoms with Crippen molar-refractivity contribution >= 4 is 17.5 Å². The summed E-state index contributed by atoms with van der Waals surface area (Å²) < 4.78 is 0. The van der Waals surface area contributed by atoms with Crippen LogP contribution in [0.15, 0.2) is 12.1 Å². The lowest BCUT2D eigenvalue weighted by Gasteiger charge is -2.15. The summed E-state index contributed by atoms with van der Waals surface area (Å²) in [6.07, 6.45) is 1.84. The number of anilines is 1. The number of aryl methyl sites for hydroxylation is 1. The first-order valence-corrected chi connectivity index (χ1v) is 5.64. The summed E-state index contributed by atoms with van der Waals surface area (Å²) in [6.45, 7) is -0.00653. The molecule has 0 saturated carbocycles. The number of ketones is 1. The molecule has 5 nitrogen and oxygen atoms in total. The minimum Gasteiger partial charge on any atom is -0.396 e. The number of hydrogen-bond acceptors (Lipinski definition) is 4. The minimum absolute atomic E-state index is 0.00653. The molecule has 17 heavy (non-hydrogen) atoms. The van der Waals surface area contributed by atoms with Gasteiger partial charge in [-0.1, -0.05) is 6.07 Å². The van der Waals surface area contributed by atoms with Gasteiger partial charge in [-0.2, -0.15) is 0 Å². The average molecular weight is 234 g/mol. The fourth-order valence-corrected chi connectivity index (χ4v) is 1.76. The summed E-state index contributed by atoms with van der Waals surface area (Å²) >= 11 is 0. The van der Waals surface area contributed by atoms with Crippen LogP contribution in [0.25, 0.3) is 0 Å². The van der Waals surface area contributed by atoms with E-state index in [1.165, 1.54) is 0 Å². The van der Waals surface area contributed by atoms with E-state index in [0.29, 0.717) is 30.8 Å². The van der Waals surface area contributed by atoms with Crippen molar-refractivity contribution in [3.05, 3.63) is 23.4 Å². The maximum absolute atomic E-state index is 11.7. The summed E-state index contributed by atoms with van der Waals surface area (Å²) in [5, 5.41) is 11.3. The Labute approximate surface area is 98.9 Å². The number of carbonyl (C=O) groups is 2. The van der Waals surface area contributed by atoms with E-state index in [4.69, 9.17) is 5.11 Å². The third kappa shape index (κ3) is 2.68. The second-order valence-electron chi connectivity index (χ2n) is 4.00. The normalized spacial score (nSPS) is 14.1. The van der Waals surface area contributed by atoms with Gasteiger partial charge in [-0.05, 0) is 24.5 Å². The smallest absolute Gasteiger partial charge is 0.225 e. The Balaban J connectivity index is 2.18. The molecule has 0 atom stereocenters. The number of Topliss-reactive ketones (excluding diaryl/α,β-unsaturated/α-hetero) is 1. The van der Waals surface area contributed by atoms with Gasteiger partial charge in [0.2, 0.25) is 5.91 Å². The van der Waals surface area contributed by atoms with Crippen molar-refractivity contribution in [3.63, 3.8) is 0 Å². The number of aliphatic hydroxyl groups excluding tert-OH is 1. The molecule has 0 saturated heterocycles. The second kappa shape index (κ2) is 5.05. The van der Waals surface area contributed by atoms with Crippen LogP contribution in [-0.2, 0) is 11.2 Å². The molecular weight excluding hydrogens is 220 g/mol. The van der Waals surface area contributed by atoms with E-state index < -0.39 is 0 Å². The molecule has 0 radical (unpaired) electrons. The Morgan fingerprint density at radius 2 is 2.24 bits per heavy atom. The molecule has 0 spiro atoms. The zero-order valence-corrected chi connectivity index (χ0v) is 9.40. The Morgan fingerprint density at radius 1 is 1.41 bits per heavy atom. The fraction of sp³-hybridized carbons (Fsp3) is 0.417. The number of amides is 1. The molecule has 1 amide bonds. The molecule has 1 aliphatic heterocycles. The lowest BCUT2D eigenvalue weighted by molar-refractivity contribution is -0.116. The summed E-state index contributed by atoms with van der Waals surface area (Å²) in [4.78, 5) is 27.0. The van der Waals surface area contributed by atoms with Crippen LogP contribution in [0.5, 0.6) is 0 Å². The minimum atomic E-state index is -0.110. The van der Waals surface area contributed by atoms with Crippen LogP contribution >= 0.6 is 0 Å². The Bertz CT molecular complexity index is 457. The second-order valence-corrected chi connectivity index (χ2v) is 4.00. The number of aromatic nitrogens is 1. The van der Waals surface area contributed by atoms with Gasteiger partial charge in [0.15, 0.2) is 5.78 Å². The van der Waals surface area contributed by atoms with Crippen LogP contribution in [-0.4, -0.2) is 28.4 Å². The van der Waals surface area contributed by atoms with E-state index in [2.05, 4.69) is 10.3 Å². The van der Waals surface area contributed by atoms with Gasteiger partial charge in [-0.15, -0.1) is 0 Å². The van der Waals surface area contributed by atoms with E-state index in [9.17, 15) is 9.59 Å². The zero-order valence-electron chi connectivity index (χ0n) is 9.40. The van der Waals surface area contributed by atoms with E-state index in [1.54, 1.807) is 6.07 Å². The predicted octanol–water partition coefficient (Wildman–Crippen LogP) is 0.921. The molecule has 1 aliphatic rings. The molecule has 0 aliphatic carbocycles. The molecule has 2 N–H and O–H groups in total. The molecule has 5 heteroatoms. The van der Waals surface area contributed by atoms with Gasteiger partial charge in [-0.3, -0.25) is 9.59 Å². The number of carbonyl (C=O) groups excluding carboxylic acids is 2. The van der Waals surface area contributed by atoms with Crippen molar-refractivity contribution in [3.8, 4) is 0 Å². The molecule has 1 aromatic heterocycles. The van der Waals surface area contributed by atoms with Gasteiger partial charge in [0.25, 0.3) is 0 Å². The molecule has 1 aromatic rings. The van der Waals surface area contributed by atoms with Gasteiger partial charge in [0.05, 0.1) is 0 Å². The monoisotopic (exact) mass is 234 g/mol. The van der Waals surface area contributed by atoms with Gasteiger partial charge in [-0.25, -0.2) is 4.98 Å². The third-order valence-corrected chi connectivity index (χ3v) is 2.71. The summed E-state index contributed by atoms with van der Waals surface area (Å²) in [6, 6.07) is 3.50. The fourth-order valence-electron chi connectivity index (χ4n) is 1.76. The number of rotatable bonds is 4. The quantitative estimate of drug-likeness (QED) is 0.759. The van der Waals surface area contributed by atoms with E-state index in [0.717, 1.165) is 5.56 Å². The van der Waals surface area contributed by atoms with Crippen molar-refractivity contribution < 1.29 is 14.7 Å². The Hall–Kier alpha value is -1.75. The number of nitrogens with zero attached hydrogens (tertiary/aromatic N) is 1. The van der Waals surface area contributed by atoms with Crippen LogP contribution < -0.4 is 5.32 Å². The van der Waals surface area contributed by atoms with Gasteiger partial charge in [0.1, 0.15) is 11.5 Å². The molecule has 90 valence electrons. The molecule has 0 aromatic carbocycles. The lowest BCUT2D eigenvalue weighted by Crippen LogP contribution is -2.21. The topological polar surface area (TPSA) is 79.3 Å². The van der Waals surface area contributed by atoms with Crippen LogP contribution in [0.4, 0.5) is 5.82 Å². The van der Waals surface area contributed by atoms with Gasteiger partial charge in [0, 0.05) is 19.4 Å². The van der Waals surface area contributed by atoms with Gasteiger partial charge < -0.3 is 10.4 Å². The van der Waals surface area contributed by atoms with E-state index >= 15 is 0 Å². The summed E-state index contributed by atoms with van der Waals surface area (Å²) in [5.41, 5.74) is 1.31. The predicted molar refractivity (Wildman–Crippen MR) is 61.8 cm³/mol. The number of fused-ring (bicyclic) bond motifs is 1. The number of pyridine rings is 1. The highest BCUT2D eigenvalue weighted by molar-refractivity contribution is 5.97. The zero-order chi connectivity index (χ0) is 12.3. The molecule has 0 fully saturated rings. The maximum Gasteiger partial charge on any atom is 0.225 e. The summed E-state index contributed by atoms with van der Waals surface area (Å²) in [5.74, 6) is 0.322. The summed E-state index contributed by atoms with van der Waals surface area (Å²) in [7, 11) is 0. The molecule has 2 heterocycles. The van der Waals surface area contributed by atoms with Crippen LogP contribution in [0, 0.1) is 0 Å². The van der Waals surface area contributed by atoms with E-state index in [1.807, 2.05) is 6.07 Å². The molecule has 0 unspecified atom stereocenters. The van der Waals surface area contributed by atoms with Crippen molar-refractivity contribution in [2.45, 2.75) is 25.7 Å². The largest absolute Gasteiger partial charge is 0.396 e. The highest BCUT2D eigenvalue weighted by Crippen LogP contribution is 2.20. The number of aliphatic hydroxyl groups is 1.